The predicted molar refractivity (Wildman–Crippen MR) is 250 cm³/mol. The number of halogens is 1. The summed E-state index contributed by atoms with van der Waals surface area (Å²) >= 11 is 6.97. The fraction of sp³-hybridized carbons (Fsp3) is 0.356. The molecule has 3 aromatic heterocycles. The van der Waals surface area contributed by atoms with Crippen molar-refractivity contribution in [1.82, 2.24) is 35.9 Å². The molecule has 0 saturated heterocycles. The second kappa shape index (κ2) is 25.6. The lowest BCUT2D eigenvalue weighted by Gasteiger charge is -2.18. The number of nitrogens with one attached hydrogen (secondary N) is 5. The normalized spacial score (nSPS) is 11.5. The molecule has 19 nitrogen and oxygen atoms in total. The van der Waals surface area contributed by atoms with Crippen molar-refractivity contribution in [2.75, 3.05) is 51.0 Å². The molecule has 5 aromatic rings. The van der Waals surface area contributed by atoms with E-state index in [0.717, 1.165) is 48.1 Å². The zero-order chi connectivity index (χ0) is 48.3. The highest BCUT2D eigenvalue weighted by Crippen LogP contribution is 2.21. The average Bonchev–Trinajstić information content (AvgIpc) is 3.72. The highest BCUT2D eigenvalue weighted by atomic mass is 35.5. The quantitative estimate of drug-likeness (QED) is 0.0398. The van der Waals surface area contributed by atoms with Crippen LogP contribution in [0.25, 0.3) is 0 Å². The molecule has 3 heterocycles. The number of rotatable bonds is 20. The van der Waals surface area contributed by atoms with Crippen LogP contribution in [0.4, 0.5) is 11.9 Å². The summed E-state index contributed by atoms with van der Waals surface area (Å²) in [7, 11) is 2.43. The first-order valence-electron chi connectivity index (χ1n) is 20.8. The minimum absolute atomic E-state index is 0.0732. The van der Waals surface area contributed by atoms with Crippen LogP contribution in [0.3, 0.4) is 0 Å². The number of esters is 2. The van der Waals surface area contributed by atoms with Crippen molar-refractivity contribution in [3.63, 3.8) is 0 Å². The molecule has 0 spiro atoms. The van der Waals surface area contributed by atoms with Crippen LogP contribution in [0, 0.1) is 27.7 Å². The maximum Gasteiger partial charge on any atom is 0.330 e. The summed E-state index contributed by atoms with van der Waals surface area (Å²) in [5, 5.41) is 33.1. The Hall–Kier alpha value is -6.90. The van der Waals surface area contributed by atoms with E-state index < -0.39 is 41.7 Å². The number of aromatic nitrogens is 4. The van der Waals surface area contributed by atoms with Gasteiger partial charge in [-0.1, -0.05) is 35.9 Å². The Balaban J connectivity index is 0.000000297. The highest BCUT2D eigenvalue weighted by Gasteiger charge is 2.27. The van der Waals surface area contributed by atoms with Crippen LogP contribution >= 0.6 is 22.9 Å². The van der Waals surface area contributed by atoms with Gasteiger partial charge >= 0.3 is 11.9 Å². The Morgan fingerprint density at radius 2 is 1.11 bits per heavy atom. The monoisotopic (exact) mass is 946 g/mol. The van der Waals surface area contributed by atoms with Crippen LogP contribution in [-0.2, 0) is 31.9 Å². The summed E-state index contributed by atoms with van der Waals surface area (Å²) in [4.78, 5) is 79.6. The summed E-state index contributed by atoms with van der Waals surface area (Å²) < 4.78 is 9.87. The van der Waals surface area contributed by atoms with Crippen molar-refractivity contribution in [3.05, 3.63) is 115 Å². The van der Waals surface area contributed by atoms with Crippen molar-refractivity contribution in [3.8, 4) is 11.5 Å². The van der Waals surface area contributed by atoms with Gasteiger partial charge in [-0.3, -0.25) is 14.4 Å². The number of carbonyl (C=O) groups is 5. The number of carbonyl (C=O) groups excluding carboxylic acids is 5. The van der Waals surface area contributed by atoms with Gasteiger partial charge in [0.05, 0.1) is 57.3 Å². The summed E-state index contributed by atoms with van der Waals surface area (Å²) in [6.07, 6.45) is 3.18. The van der Waals surface area contributed by atoms with Crippen LogP contribution in [0.2, 0.25) is 4.34 Å². The molecule has 0 fully saturated rings. The molecule has 66 heavy (non-hydrogen) atoms. The molecule has 352 valence electrons. The first-order chi connectivity index (χ1) is 31.5. The Kier molecular flexibility index (Phi) is 20.0. The third-order valence-electron chi connectivity index (χ3n) is 9.75. The summed E-state index contributed by atoms with van der Waals surface area (Å²) in [5.74, 6) is -1.48. The molecular weight excluding hydrogens is 892 g/mol. The number of methoxy groups -OCH3 is 2. The predicted octanol–water partition coefficient (Wildman–Crippen LogP) is 4.33. The van der Waals surface area contributed by atoms with E-state index in [1.165, 1.54) is 14.2 Å². The van der Waals surface area contributed by atoms with Crippen LogP contribution in [0.15, 0.2) is 60.7 Å². The van der Waals surface area contributed by atoms with Crippen molar-refractivity contribution in [2.24, 2.45) is 5.73 Å². The maximum atomic E-state index is 13.0. The van der Waals surface area contributed by atoms with Gasteiger partial charge in [-0.05, 0) is 101 Å². The number of aromatic hydroxyl groups is 2. The number of amides is 3. The molecule has 5 rings (SSSR count). The van der Waals surface area contributed by atoms with Crippen molar-refractivity contribution in [1.29, 1.82) is 0 Å². The minimum atomic E-state index is -1.12. The molecule has 0 saturated carbocycles. The summed E-state index contributed by atoms with van der Waals surface area (Å²) in [6.45, 7) is 7.75. The van der Waals surface area contributed by atoms with Gasteiger partial charge in [0.2, 0.25) is 11.9 Å². The molecule has 3 amide bonds. The van der Waals surface area contributed by atoms with Crippen molar-refractivity contribution >= 4 is 64.5 Å². The number of nitrogens with zero attached hydrogens (tertiary/aromatic N) is 4. The molecule has 0 unspecified atom stereocenters. The molecule has 0 radical (unpaired) electrons. The molecular formula is C45H55ClN10O9S. The van der Waals surface area contributed by atoms with Gasteiger partial charge in [0.15, 0.2) is 0 Å². The van der Waals surface area contributed by atoms with E-state index in [4.69, 9.17) is 22.1 Å². The van der Waals surface area contributed by atoms with E-state index in [0.29, 0.717) is 62.5 Å². The van der Waals surface area contributed by atoms with Gasteiger partial charge < -0.3 is 52.0 Å². The average molecular weight is 948 g/mol. The SMILES string of the molecule is COC(=O)[C@H](CN)NC(=O)c1c(C)nc(NCCCc2cccc(O)c2)nc1C.COC(=O)[C@H](CNC(=O)c1ccc(Cl)s1)NC(=O)c1c(C)nc(NCCCc2cccc(O)c2)nc1C. The Morgan fingerprint density at radius 3 is 1.50 bits per heavy atom. The molecule has 0 aliphatic carbocycles. The number of aryl methyl sites for hydroxylation is 6. The largest absolute Gasteiger partial charge is 0.508 e. The first kappa shape index (κ1) is 51.7. The lowest BCUT2D eigenvalue weighted by Crippen LogP contribution is -2.49. The van der Waals surface area contributed by atoms with E-state index in [1.807, 2.05) is 18.2 Å². The van der Waals surface area contributed by atoms with E-state index in [1.54, 1.807) is 70.2 Å². The molecule has 0 aliphatic heterocycles. The van der Waals surface area contributed by atoms with Crippen LogP contribution in [0.5, 0.6) is 11.5 Å². The lowest BCUT2D eigenvalue weighted by molar-refractivity contribution is -0.143. The second-order valence-corrected chi connectivity index (χ2v) is 16.4. The van der Waals surface area contributed by atoms with Gasteiger partial charge in [0, 0.05) is 26.2 Å². The molecule has 2 atom stereocenters. The van der Waals surface area contributed by atoms with E-state index in [-0.39, 0.29) is 30.2 Å². The first-order valence-corrected chi connectivity index (χ1v) is 22.0. The van der Waals surface area contributed by atoms with Crippen LogP contribution < -0.4 is 32.3 Å². The smallest absolute Gasteiger partial charge is 0.330 e. The molecule has 9 N–H and O–H groups in total. The number of phenols is 2. The van der Waals surface area contributed by atoms with E-state index in [9.17, 15) is 34.2 Å². The lowest BCUT2D eigenvalue weighted by atomic mass is 10.1. The molecule has 2 aromatic carbocycles. The number of benzene rings is 2. The standard InChI is InChI=1S/C25H28ClN5O5S.C20H27N5O4/c1-14-21(15(2)30-25(29-14)27-11-5-7-16-6-4-8-17(32)12-16)23(34)31-18(24(35)36-3)13-28-22(33)19-9-10-20(26)37-19;1-12-17(18(27)25-16(11-21)19(28)29-3)13(2)24-20(23-12)22-9-5-7-14-6-4-8-15(26)10-14/h4,6,8-10,12,18,32H,5,7,11,13H2,1-3H3,(H,28,33)(H,31,34)(H,27,29,30);4,6,8,10,16,26H,5,7,9,11,21H2,1-3H3,(H,25,27)(H,22,23,24)/t18-;16-/m00/s1. The van der Waals surface area contributed by atoms with Gasteiger partial charge in [0.1, 0.15) is 23.6 Å². The van der Waals surface area contributed by atoms with Crippen LogP contribution in [0.1, 0.15) is 77.1 Å². The number of thiophene rings is 1. The van der Waals surface area contributed by atoms with Gasteiger partial charge in [-0.15, -0.1) is 11.3 Å². The van der Waals surface area contributed by atoms with Gasteiger partial charge in [0.25, 0.3) is 17.7 Å². The van der Waals surface area contributed by atoms with Crippen molar-refractivity contribution in [2.45, 2.75) is 65.5 Å². The third kappa shape index (κ3) is 15.7. The minimum Gasteiger partial charge on any atom is -0.508 e. The zero-order valence-electron chi connectivity index (χ0n) is 37.5. The number of nitrogens with two attached hydrogens (primary N) is 1. The Bertz CT molecular complexity index is 2440. The van der Waals surface area contributed by atoms with Gasteiger partial charge in [-0.25, -0.2) is 29.5 Å². The number of ether oxygens (including phenoxy) is 2. The van der Waals surface area contributed by atoms with E-state index in [2.05, 4.69) is 51.3 Å². The Morgan fingerprint density at radius 1 is 0.667 bits per heavy atom. The molecule has 21 heteroatoms. The van der Waals surface area contributed by atoms with Gasteiger partial charge in [-0.2, -0.15) is 0 Å². The zero-order valence-corrected chi connectivity index (χ0v) is 39.1. The number of hydrogen-bond donors (Lipinski definition) is 8. The molecule has 0 bridgehead atoms. The summed E-state index contributed by atoms with van der Waals surface area (Å²) in [6, 6.07) is 15.4. The number of phenolic OH excluding ortho intramolecular Hbond substituents is 2. The molecule has 0 aliphatic rings. The van der Waals surface area contributed by atoms with E-state index >= 15 is 0 Å². The Labute approximate surface area is 391 Å². The second-order valence-electron chi connectivity index (χ2n) is 14.7. The number of hydrogen-bond acceptors (Lipinski definition) is 17. The fourth-order valence-corrected chi connectivity index (χ4v) is 7.49. The number of anilines is 2. The fourth-order valence-electron chi connectivity index (χ4n) is 6.53. The van der Waals surface area contributed by atoms with Crippen molar-refractivity contribution < 1.29 is 43.7 Å². The highest BCUT2D eigenvalue weighted by molar-refractivity contribution is 7.18. The topological polar surface area (TPSA) is 282 Å². The maximum absolute atomic E-state index is 13.0. The van der Waals surface area contributed by atoms with Crippen LogP contribution in [-0.4, -0.2) is 112 Å². The third-order valence-corrected chi connectivity index (χ3v) is 11.0. The summed E-state index contributed by atoms with van der Waals surface area (Å²) in [5.41, 5.74) is 9.98.